The van der Waals surface area contributed by atoms with Crippen LogP contribution < -0.4 is 0 Å². The van der Waals surface area contributed by atoms with Gasteiger partial charge in [0.1, 0.15) is 0 Å². The van der Waals surface area contributed by atoms with E-state index in [1.807, 2.05) is 24.3 Å². The molecule has 0 bridgehead atoms. The van der Waals surface area contributed by atoms with Gasteiger partial charge in [0.25, 0.3) is 0 Å². The Morgan fingerprint density at radius 3 is 1.57 bits per heavy atom. The fourth-order valence-corrected chi connectivity index (χ4v) is 2.64. The smallest absolute Gasteiger partial charge is 0.0991 e. The minimum absolute atomic E-state index is 0.719. The Kier molecular flexibility index (Phi) is 4.54. The zero-order chi connectivity index (χ0) is 16.1. The summed E-state index contributed by atoms with van der Waals surface area (Å²) in [7, 11) is 0. The summed E-state index contributed by atoms with van der Waals surface area (Å²) in [4.78, 5) is 0. The van der Waals surface area contributed by atoms with E-state index >= 15 is 0 Å². The number of nitriles is 1. The standard InChI is InChI=1S/C22H19N/c1-17-2-12-21(13-3-17)22-14-10-19(11-15-22)5-4-18-6-8-20(16-23)9-7-18/h2-3,6-15H,4-5H2,1H3. The summed E-state index contributed by atoms with van der Waals surface area (Å²) >= 11 is 0. The van der Waals surface area contributed by atoms with Gasteiger partial charge in [-0.3, -0.25) is 0 Å². The summed E-state index contributed by atoms with van der Waals surface area (Å²) in [6.07, 6.45) is 2.01. The van der Waals surface area contributed by atoms with Gasteiger partial charge in [0.2, 0.25) is 0 Å². The fraction of sp³-hybridized carbons (Fsp3) is 0.136. The Morgan fingerprint density at radius 1 is 0.652 bits per heavy atom. The molecule has 0 amide bonds. The molecule has 0 aliphatic heterocycles. The SMILES string of the molecule is Cc1ccc(-c2ccc(CCc3ccc(C#N)cc3)cc2)cc1. The largest absolute Gasteiger partial charge is 0.192 e. The lowest BCUT2D eigenvalue weighted by molar-refractivity contribution is 0.960. The maximum atomic E-state index is 8.82. The average Bonchev–Trinajstić information content (AvgIpc) is 2.61. The van der Waals surface area contributed by atoms with Gasteiger partial charge in [-0.25, -0.2) is 0 Å². The van der Waals surface area contributed by atoms with E-state index in [-0.39, 0.29) is 0 Å². The van der Waals surface area contributed by atoms with E-state index in [1.165, 1.54) is 27.8 Å². The Labute approximate surface area is 137 Å². The molecule has 0 aliphatic rings. The lowest BCUT2D eigenvalue weighted by atomic mass is 9.99. The van der Waals surface area contributed by atoms with Crippen molar-refractivity contribution in [3.05, 3.63) is 95.1 Å². The van der Waals surface area contributed by atoms with Crippen LogP contribution in [0.25, 0.3) is 11.1 Å². The van der Waals surface area contributed by atoms with Crippen molar-refractivity contribution in [2.24, 2.45) is 0 Å². The van der Waals surface area contributed by atoms with Crippen molar-refractivity contribution in [3.63, 3.8) is 0 Å². The second-order valence-corrected chi connectivity index (χ2v) is 5.87. The van der Waals surface area contributed by atoms with E-state index < -0.39 is 0 Å². The minimum atomic E-state index is 0.719. The Hall–Kier alpha value is -2.85. The van der Waals surface area contributed by atoms with Crippen molar-refractivity contribution in [1.82, 2.24) is 0 Å². The third-order valence-electron chi connectivity index (χ3n) is 4.12. The predicted molar refractivity (Wildman–Crippen MR) is 95.2 cm³/mol. The number of aryl methyl sites for hydroxylation is 3. The molecule has 0 N–H and O–H groups in total. The number of hydrogen-bond acceptors (Lipinski definition) is 1. The van der Waals surface area contributed by atoms with Crippen molar-refractivity contribution in [2.45, 2.75) is 19.8 Å². The van der Waals surface area contributed by atoms with Gasteiger partial charge >= 0.3 is 0 Å². The van der Waals surface area contributed by atoms with Gasteiger partial charge in [0.05, 0.1) is 11.6 Å². The third-order valence-corrected chi connectivity index (χ3v) is 4.12. The fourth-order valence-electron chi connectivity index (χ4n) is 2.64. The van der Waals surface area contributed by atoms with Gasteiger partial charge in [-0.1, -0.05) is 66.2 Å². The summed E-state index contributed by atoms with van der Waals surface area (Å²) in [5.41, 5.74) is 7.13. The van der Waals surface area contributed by atoms with Crippen LogP contribution in [0.5, 0.6) is 0 Å². The summed E-state index contributed by atoms with van der Waals surface area (Å²) < 4.78 is 0. The zero-order valence-electron chi connectivity index (χ0n) is 13.3. The highest BCUT2D eigenvalue weighted by molar-refractivity contribution is 5.63. The Bertz CT molecular complexity index is 804. The van der Waals surface area contributed by atoms with Crippen LogP contribution in [0.3, 0.4) is 0 Å². The number of nitrogens with zero attached hydrogens (tertiary/aromatic N) is 1. The highest BCUT2D eigenvalue weighted by Crippen LogP contribution is 2.21. The molecule has 1 nitrogen and oxygen atoms in total. The summed E-state index contributed by atoms with van der Waals surface area (Å²) in [5, 5.41) is 8.82. The molecular weight excluding hydrogens is 278 g/mol. The highest BCUT2D eigenvalue weighted by Gasteiger charge is 2.00. The van der Waals surface area contributed by atoms with Crippen LogP contribution in [-0.2, 0) is 12.8 Å². The predicted octanol–water partition coefficient (Wildman–Crippen LogP) is 5.32. The maximum Gasteiger partial charge on any atom is 0.0991 e. The summed E-state index contributed by atoms with van der Waals surface area (Å²) in [5.74, 6) is 0. The normalized spacial score (nSPS) is 10.3. The van der Waals surface area contributed by atoms with Gasteiger partial charge in [0, 0.05) is 0 Å². The summed E-state index contributed by atoms with van der Waals surface area (Å²) in [6, 6.07) is 27.4. The van der Waals surface area contributed by atoms with E-state index in [0.717, 1.165) is 18.4 Å². The molecular formula is C22H19N. The van der Waals surface area contributed by atoms with E-state index in [9.17, 15) is 0 Å². The number of hydrogen-bond donors (Lipinski definition) is 0. The molecule has 0 saturated heterocycles. The maximum absolute atomic E-state index is 8.82. The molecule has 0 radical (unpaired) electrons. The molecule has 0 atom stereocenters. The molecule has 0 saturated carbocycles. The zero-order valence-corrected chi connectivity index (χ0v) is 13.3. The van der Waals surface area contributed by atoms with Crippen molar-refractivity contribution >= 4 is 0 Å². The summed E-state index contributed by atoms with van der Waals surface area (Å²) in [6.45, 7) is 2.11. The van der Waals surface area contributed by atoms with Crippen LogP contribution in [0.1, 0.15) is 22.3 Å². The van der Waals surface area contributed by atoms with Crippen LogP contribution in [0.4, 0.5) is 0 Å². The second kappa shape index (κ2) is 6.94. The first kappa shape index (κ1) is 15.1. The number of rotatable bonds is 4. The second-order valence-electron chi connectivity index (χ2n) is 5.87. The molecule has 0 heterocycles. The van der Waals surface area contributed by atoms with Crippen LogP contribution in [-0.4, -0.2) is 0 Å². The van der Waals surface area contributed by atoms with Crippen LogP contribution >= 0.6 is 0 Å². The molecule has 0 aliphatic carbocycles. The van der Waals surface area contributed by atoms with Crippen molar-refractivity contribution in [2.75, 3.05) is 0 Å². The molecule has 1 heteroatoms. The number of benzene rings is 3. The van der Waals surface area contributed by atoms with Crippen molar-refractivity contribution in [3.8, 4) is 17.2 Å². The lowest BCUT2D eigenvalue weighted by Crippen LogP contribution is -1.91. The molecule has 0 fully saturated rings. The Morgan fingerprint density at radius 2 is 1.09 bits per heavy atom. The third kappa shape index (κ3) is 3.87. The minimum Gasteiger partial charge on any atom is -0.192 e. The van der Waals surface area contributed by atoms with Gasteiger partial charge in [-0.2, -0.15) is 5.26 Å². The van der Waals surface area contributed by atoms with E-state index in [2.05, 4.69) is 61.5 Å². The molecule has 0 spiro atoms. The highest BCUT2D eigenvalue weighted by atomic mass is 14.2. The van der Waals surface area contributed by atoms with Crippen molar-refractivity contribution in [1.29, 1.82) is 5.26 Å². The Balaban J connectivity index is 1.65. The molecule has 112 valence electrons. The molecule has 3 aromatic carbocycles. The molecule has 23 heavy (non-hydrogen) atoms. The first-order chi connectivity index (χ1) is 11.2. The van der Waals surface area contributed by atoms with Crippen molar-refractivity contribution < 1.29 is 0 Å². The monoisotopic (exact) mass is 297 g/mol. The molecule has 3 aromatic rings. The van der Waals surface area contributed by atoms with E-state index in [1.54, 1.807) is 0 Å². The van der Waals surface area contributed by atoms with Gasteiger partial charge < -0.3 is 0 Å². The lowest BCUT2D eigenvalue weighted by Gasteiger charge is -2.06. The molecule has 0 aromatic heterocycles. The first-order valence-corrected chi connectivity index (χ1v) is 7.89. The van der Waals surface area contributed by atoms with Crippen LogP contribution in [0.2, 0.25) is 0 Å². The average molecular weight is 297 g/mol. The van der Waals surface area contributed by atoms with E-state index in [0.29, 0.717) is 0 Å². The van der Waals surface area contributed by atoms with Crippen LogP contribution in [0.15, 0.2) is 72.8 Å². The topological polar surface area (TPSA) is 23.8 Å². The first-order valence-electron chi connectivity index (χ1n) is 7.89. The van der Waals surface area contributed by atoms with Gasteiger partial charge in [-0.05, 0) is 54.2 Å². The quantitative estimate of drug-likeness (QED) is 0.639. The molecule has 0 unspecified atom stereocenters. The van der Waals surface area contributed by atoms with Crippen LogP contribution in [0, 0.1) is 18.3 Å². The molecule has 3 rings (SSSR count). The van der Waals surface area contributed by atoms with Gasteiger partial charge in [0.15, 0.2) is 0 Å². The van der Waals surface area contributed by atoms with Gasteiger partial charge in [-0.15, -0.1) is 0 Å². The van der Waals surface area contributed by atoms with E-state index in [4.69, 9.17) is 5.26 Å².